The van der Waals surface area contributed by atoms with Gasteiger partial charge in [0.25, 0.3) is 0 Å². The fraction of sp³-hybridized carbons (Fsp3) is 0.0800. The Balaban J connectivity index is 1.20. The Labute approximate surface area is 305 Å². The SMILES string of the molecule is CC(C)(C)c1c(-c2cccc(N(c3ccc(-c4cc5ccccc5c5ccccc45)cc3)c3cccc(-c4ccccc4)c3)c2)oc2ccccc12. The predicted octanol–water partition coefficient (Wildman–Crippen LogP) is 14.5. The first-order valence-electron chi connectivity index (χ1n) is 18.0. The topological polar surface area (TPSA) is 16.4 Å². The zero-order valence-electron chi connectivity index (χ0n) is 29.7. The molecule has 0 aliphatic rings. The number of rotatable bonds is 6. The van der Waals surface area contributed by atoms with Gasteiger partial charge in [-0.2, -0.15) is 0 Å². The van der Waals surface area contributed by atoms with E-state index >= 15 is 0 Å². The number of para-hydroxylation sites is 1. The average molecular weight is 670 g/mol. The van der Waals surface area contributed by atoms with Crippen molar-refractivity contribution < 1.29 is 4.42 Å². The first kappa shape index (κ1) is 31.6. The summed E-state index contributed by atoms with van der Waals surface area (Å²) in [5.74, 6) is 0.923. The summed E-state index contributed by atoms with van der Waals surface area (Å²) in [5, 5.41) is 6.23. The van der Waals surface area contributed by atoms with Crippen molar-refractivity contribution in [3.63, 3.8) is 0 Å². The Morgan fingerprint density at radius 3 is 1.71 bits per heavy atom. The molecule has 0 aliphatic carbocycles. The van der Waals surface area contributed by atoms with Crippen LogP contribution < -0.4 is 4.90 Å². The number of fused-ring (bicyclic) bond motifs is 4. The van der Waals surface area contributed by atoms with E-state index in [4.69, 9.17) is 4.42 Å². The van der Waals surface area contributed by atoms with Crippen LogP contribution in [0.3, 0.4) is 0 Å². The minimum absolute atomic E-state index is 0.107. The van der Waals surface area contributed by atoms with Gasteiger partial charge in [-0.15, -0.1) is 0 Å². The number of nitrogens with zero attached hydrogens (tertiary/aromatic N) is 1. The highest BCUT2D eigenvalue weighted by Gasteiger charge is 2.26. The second kappa shape index (κ2) is 12.7. The highest BCUT2D eigenvalue weighted by atomic mass is 16.3. The van der Waals surface area contributed by atoms with Crippen LogP contribution in [0.2, 0.25) is 0 Å². The van der Waals surface area contributed by atoms with Crippen molar-refractivity contribution in [2.24, 2.45) is 0 Å². The fourth-order valence-electron chi connectivity index (χ4n) is 7.77. The molecule has 9 aromatic rings. The number of anilines is 3. The molecule has 52 heavy (non-hydrogen) atoms. The van der Waals surface area contributed by atoms with Crippen LogP contribution in [0.1, 0.15) is 26.3 Å². The Bertz CT molecular complexity index is 2710. The van der Waals surface area contributed by atoms with Gasteiger partial charge in [-0.05, 0) is 97.7 Å². The van der Waals surface area contributed by atoms with E-state index in [1.807, 2.05) is 6.07 Å². The fourth-order valence-corrected chi connectivity index (χ4v) is 7.77. The first-order valence-corrected chi connectivity index (χ1v) is 18.0. The largest absolute Gasteiger partial charge is 0.456 e. The lowest BCUT2D eigenvalue weighted by atomic mass is 9.83. The van der Waals surface area contributed by atoms with Crippen LogP contribution in [0.25, 0.3) is 66.1 Å². The standard InChI is InChI=1S/C50H39NO/c1-50(2,3)48-45-25-11-12-26-47(45)52-49(48)38-19-14-21-41(32-38)51(40-20-13-18-36(31-40)34-15-5-4-6-16-34)39-29-27-35(28-30-39)46-33-37-17-7-8-22-42(37)43-23-9-10-24-44(43)46/h4-33H,1-3H3. The van der Waals surface area contributed by atoms with Crippen LogP contribution in [-0.4, -0.2) is 0 Å². The van der Waals surface area contributed by atoms with Crippen molar-refractivity contribution >= 4 is 49.6 Å². The van der Waals surface area contributed by atoms with E-state index in [0.29, 0.717) is 0 Å². The molecule has 9 rings (SSSR count). The molecule has 0 fully saturated rings. The molecule has 250 valence electrons. The lowest BCUT2D eigenvalue weighted by Crippen LogP contribution is -2.12. The van der Waals surface area contributed by atoms with E-state index in [1.165, 1.54) is 54.7 Å². The van der Waals surface area contributed by atoms with Crippen LogP contribution in [-0.2, 0) is 5.41 Å². The molecule has 2 heteroatoms. The van der Waals surface area contributed by atoms with Crippen molar-refractivity contribution in [1.29, 1.82) is 0 Å². The molecule has 8 aromatic carbocycles. The summed E-state index contributed by atoms with van der Waals surface area (Å²) >= 11 is 0. The predicted molar refractivity (Wildman–Crippen MR) is 221 cm³/mol. The Morgan fingerprint density at radius 2 is 0.981 bits per heavy atom. The minimum Gasteiger partial charge on any atom is -0.456 e. The van der Waals surface area contributed by atoms with Gasteiger partial charge in [0.2, 0.25) is 0 Å². The summed E-state index contributed by atoms with van der Waals surface area (Å²) in [6.45, 7) is 6.79. The molecule has 0 atom stereocenters. The van der Waals surface area contributed by atoms with Crippen LogP contribution in [0.5, 0.6) is 0 Å². The quantitative estimate of drug-likeness (QED) is 0.164. The molecule has 0 spiro atoms. The van der Waals surface area contributed by atoms with E-state index in [9.17, 15) is 0 Å². The third kappa shape index (κ3) is 5.63. The lowest BCUT2D eigenvalue weighted by molar-refractivity contribution is 0.568. The smallest absolute Gasteiger partial charge is 0.139 e. The van der Waals surface area contributed by atoms with Crippen molar-refractivity contribution in [3.8, 4) is 33.6 Å². The van der Waals surface area contributed by atoms with E-state index < -0.39 is 0 Å². The molecule has 1 aromatic heterocycles. The van der Waals surface area contributed by atoms with Crippen molar-refractivity contribution in [1.82, 2.24) is 0 Å². The number of furan rings is 1. The summed E-state index contributed by atoms with van der Waals surface area (Å²) in [4.78, 5) is 2.36. The molecule has 1 heterocycles. The van der Waals surface area contributed by atoms with Gasteiger partial charge in [-0.25, -0.2) is 0 Å². The van der Waals surface area contributed by atoms with Gasteiger partial charge in [0, 0.05) is 33.6 Å². The first-order chi connectivity index (χ1) is 25.4. The van der Waals surface area contributed by atoms with Gasteiger partial charge in [0.05, 0.1) is 0 Å². The second-order valence-electron chi connectivity index (χ2n) is 14.6. The van der Waals surface area contributed by atoms with Gasteiger partial charge in [-0.3, -0.25) is 0 Å². The highest BCUT2D eigenvalue weighted by molar-refractivity contribution is 6.13. The van der Waals surface area contributed by atoms with E-state index in [-0.39, 0.29) is 5.41 Å². The molecule has 2 nitrogen and oxygen atoms in total. The molecule has 0 bridgehead atoms. The van der Waals surface area contributed by atoms with Crippen LogP contribution in [0.4, 0.5) is 17.1 Å². The normalized spacial score (nSPS) is 11.8. The highest BCUT2D eigenvalue weighted by Crippen LogP contribution is 2.44. The zero-order valence-corrected chi connectivity index (χ0v) is 29.7. The van der Waals surface area contributed by atoms with E-state index in [2.05, 4.69) is 202 Å². The number of benzene rings is 8. The Hall–Kier alpha value is -6.38. The monoisotopic (exact) mass is 669 g/mol. The van der Waals surface area contributed by atoms with Crippen LogP contribution in [0.15, 0.2) is 186 Å². The minimum atomic E-state index is -0.107. The third-order valence-corrected chi connectivity index (χ3v) is 10.1. The number of hydrogen-bond donors (Lipinski definition) is 0. The molecule has 0 aliphatic heterocycles. The maximum Gasteiger partial charge on any atom is 0.139 e. The zero-order chi connectivity index (χ0) is 35.2. The van der Waals surface area contributed by atoms with Gasteiger partial charge in [0.15, 0.2) is 0 Å². The van der Waals surface area contributed by atoms with Gasteiger partial charge in [-0.1, -0.05) is 154 Å². The Morgan fingerprint density at radius 1 is 0.404 bits per heavy atom. The van der Waals surface area contributed by atoms with Crippen molar-refractivity contribution in [2.45, 2.75) is 26.2 Å². The summed E-state index contributed by atoms with van der Waals surface area (Å²) in [6.07, 6.45) is 0. The van der Waals surface area contributed by atoms with E-state index in [0.717, 1.165) is 34.0 Å². The summed E-state index contributed by atoms with van der Waals surface area (Å²) < 4.78 is 6.65. The van der Waals surface area contributed by atoms with E-state index in [1.54, 1.807) is 0 Å². The third-order valence-electron chi connectivity index (χ3n) is 10.1. The maximum atomic E-state index is 6.65. The van der Waals surface area contributed by atoms with Gasteiger partial charge >= 0.3 is 0 Å². The second-order valence-corrected chi connectivity index (χ2v) is 14.6. The maximum absolute atomic E-state index is 6.65. The Kier molecular flexibility index (Phi) is 7.74. The van der Waals surface area contributed by atoms with Crippen molar-refractivity contribution in [2.75, 3.05) is 4.90 Å². The molecule has 0 saturated heterocycles. The molecule has 0 N–H and O–H groups in total. The van der Waals surface area contributed by atoms with Gasteiger partial charge < -0.3 is 9.32 Å². The molecular formula is C50H39NO. The molecule has 0 amide bonds. The van der Waals surface area contributed by atoms with Crippen molar-refractivity contribution in [3.05, 3.63) is 188 Å². The summed E-state index contributed by atoms with van der Waals surface area (Å²) in [7, 11) is 0. The molecular weight excluding hydrogens is 631 g/mol. The lowest BCUT2D eigenvalue weighted by Gasteiger charge is -2.27. The molecule has 0 saturated carbocycles. The average Bonchev–Trinajstić information content (AvgIpc) is 3.60. The number of hydrogen-bond acceptors (Lipinski definition) is 2. The van der Waals surface area contributed by atoms with Gasteiger partial charge in [0.1, 0.15) is 11.3 Å². The summed E-state index contributed by atoms with van der Waals surface area (Å²) in [5.41, 5.74) is 11.1. The van der Waals surface area contributed by atoms with Crippen LogP contribution >= 0.6 is 0 Å². The molecule has 0 unspecified atom stereocenters. The molecule has 0 radical (unpaired) electrons. The summed E-state index contributed by atoms with van der Waals surface area (Å²) in [6, 6.07) is 65.4. The van der Waals surface area contributed by atoms with Crippen LogP contribution in [0, 0.1) is 0 Å².